The van der Waals surface area contributed by atoms with Crippen molar-refractivity contribution in [2.75, 3.05) is 19.0 Å². The zero-order chi connectivity index (χ0) is 21.1. The number of fused-ring (bicyclic) bond motifs is 1. The largest absolute Gasteiger partial charge is 0.502 e. The van der Waals surface area contributed by atoms with Crippen molar-refractivity contribution in [3.05, 3.63) is 63.0 Å². The summed E-state index contributed by atoms with van der Waals surface area (Å²) >= 11 is 5.91. The minimum Gasteiger partial charge on any atom is -0.502 e. The monoisotopic (exact) mass is 429 g/mol. The molecule has 30 heavy (non-hydrogen) atoms. The molecular weight excluding hydrogens is 404 g/mol. The molecule has 1 aromatic heterocycles. The van der Waals surface area contributed by atoms with Crippen LogP contribution in [0.15, 0.2) is 29.1 Å². The summed E-state index contributed by atoms with van der Waals surface area (Å²) in [7, 11) is 1.45. The van der Waals surface area contributed by atoms with Gasteiger partial charge in [0.1, 0.15) is 7.11 Å². The molecule has 0 spiro atoms. The number of carbonyl (C=O) groups is 1. The number of halogens is 1. The first kappa shape index (κ1) is 20.7. The maximum absolute atomic E-state index is 13.1. The van der Waals surface area contributed by atoms with Crippen molar-refractivity contribution < 1.29 is 9.63 Å². The van der Waals surface area contributed by atoms with E-state index in [9.17, 15) is 9.59 Å². The summed E-state index contributed by atoms with van der Waals surface area (Å²) in [6, 6.07) is 6.76. The predicted molar refractivity (Wildman–Crippen MR) is 115 cm³/mol. The van der Waals surface area contributed by atoms with Crippen LogP contribution >= 0.6 is 11.6 Å². The Morgan fingerprint density at radius 1 is 1.23 bits per heavy atom. The van der Waals surface area contributed by atoms with Gasteiger partial charge in [-0.1, -0.05) is 43.7 Å². The van der Waals surface area contributed by atoms with Gasteiger partial charge in [0.15, 0.2) is 0 Å². The van der Waals surface area contributed by atoms with Crippen LogP contribution in [0.25, 0.3) is 0 Å². The highest BCUT2D eigenvalue weighted by atomic mass is 35.5. The Kier molecular flexibility index (Phi) is 6.27. The molecule has 2 heterocycles. The van der Waals surface area contributed by atoms with Crippen molar-refractivity contribution in [1.29, 1.82) is 0 Å². The van der Waals surface area contributed by atoms with Crippen molar-refractivity contribution in [3.63, 3.8) is 0 Å². The van der Waals surface area contributed by atoms with Crippen molar-refractivity contribution >= 4 is 23.5 Å². The first-order chi connectivity index (χ1) is 14.6. The summed E-state index contributed by atoms with van der Waals surface area (Å²) in [5.74, 6) is 0.738. The average molecular weight is 430 g/mol. The lowest BCUT2D eigenvalue weighted by Crippen LogP contribution is -2.42. The smallest absolute Gasteiger partial charge is 0.293 e. The molecule has 0 radical (unpaired) electrons. The summed E-state index contributed by atoms with van der Waals surface area (Å²) < 4.78 is 1.18. The molecule has 2 aliphatic rings. The Hall–Kier alpha value is -2.54. The van der Waals surface area contributed by atoms with Gasteiger partial charge in [-0.15, -0.1) is 4.73 Å². The highest BCUT2D eigenvalue weighted by Gasteiger charge is 2.27. The molecule has 0 bridgehead atoms. The van der Waals surface area contributed by atoms with Gasteiger partial charge in [-0.2, -0.15) is 5.92 Å². The van der Waals surface area contributed by atoms with Gasteiger partial charge in [0.2, 0.25) is 5.95 Å². The second-order valence-corrected chi connectivity index (χ2v) is 8.27. The molecule has 1 N–H and O–H groups in total. The van der Waals surface area contributed by atoms with Gasteiger partial charge >= 0.3 is 0 Å². The maximum atomic E-state index is 13.1. The third-order valence-electron chi connectivity index (χ3n) is 5.85. The standard InChI is InChI=1S/C22H26ClN4O3/c1-30-27-21(29)18-14-26(20(28)16-7-9-17(23)10-8-16)12-11-19(18)25-22(27)24-13-15-5-3-2-4-6-15/h7-10,13,15H,2-6,11-12,14H2,1H3,(H,24,25)/q-1. The second-order valence-electron chi connectivity index (χ2n) is 7.84. The van der Waals surface area contributed by atoms with E-state index in [1.807, 2.05) is 6.54 Å². The lowest BCUT2D eigenvalue weighted by atomic mass is 9.89. The molecule has 0 atom stereocenters. The summed E-state index contributed by atoms with van der Waals surface area (Å²) in [5.41, 5.74) is 1.47. The van der Waals surface area contributed by atoms with Crippen LogP contribution in [0.4, 0.5) is 5.95 Å². The molecule has 1 aromatic carbocycles. The topological polar surface area (TPSA) is 76.5 Å². The van der Waals surface area contributed by atoms with Crippen molar-refractivity contribution in [1.82, 2.24) is 14.6 Å². The average Bonchev–Trinajstić information content (AvgIpc) is 2.78. The molecular formula is C22H26ClN4O3-. The van der Waals surface area contributed by atoms with E-state index in [0.717, 1.165) is 12.8 Å². The molecule has 1 fully saturated rings. The molecule has 1 saturated carbocycles. The number of hydrogen-bond acceptors (Lipinski definition) is 5. The third kappa shape index (κ3) is 4.31. The third-order valence-corrected chi connectivity index (χ3v) is 6.10. The van der Waals surface area contributed by atoms with Crippen molar-refractivity contribution in [2.24, 2.45) is 5.92 Å². The van der Waals surface area contributed by atoms with E-state index < -0.39 is 0 Å². The van der Waals surface area contributed by atoms with Crippen LogP contribution in [0.5, 0.6) is 0 Å². The number of nitrogens with zero attached hydrogens (tertiary/aromatic N) is 3. The van der Waals surface area contributed by atoms with Gasteiger partial charge in [-0.3, -0.25) is 9.59 Å². The summed E-state index contributed by atoms with van der Waals surface area (Å²) in [6.07, 6.45) is 6.57. The van der Waals surface area contributed by atoms with E-state index in [1.165, 1.54) is 31.1 Å². The van der Waals surface area contributed by atoms with Crippen LogP contribution in [-0.4, -0.2) is 34.2 Å². The normalized spacial score (nSPS) is 16.8. The van der Waals surface area contributed by atoms with E-state index in [1.54, 1.807) is 29.2 Å². The van der Waals surface area contributed by atoms with Gasteiger partial charge in [0.05, 0.1) is 17.8 Å². The lowest BCUT2D eigenvalue weighted by molar-refractivity contribution is 0.0728. The minimum absolute atomic E-state index is 0.131. The molecule has 1 aliphatic heterocycles. The first-order valence-electron chi connectivity index (χ1n) is 10.4. The highest BCUT2D eigenvalue weighted by Crippen LogP contribution is 2.26. The minimum atomic E-state index is -0.282. The van der Waals surface area contributed by atoms with E-state index in [2.05, 4.69) is 10.3 Å². The van der Waals surface area contributed by atoms with E-state index >= 15 is 0 Å². The molecule has 4 rings (SSSR count). The van der Waals surface area contributed by atoms with Gasteiger partial charge in [0, 0.05) is 23.6 Å². The number of benzene rings is 1. The fourth-order valence-electron chi connectivity index (χ4n) is 4.16. The summed E-state index contributed by atoms with van der Waals surface area (Å²) in [6.45, 7) is 2.74. The first-order valence-corrected chi connectivity index (χ1v) is 10.8. The quantitative estimate of drug-likeness (QED) is 0.738. The summed E-state index contributed by atoms with van der Waals surface area (Å²) in [5, 5.41) is 3.78. The van der Waals surface area contributed by atoms with Gasteiger partial charge in [-0.25, -0.2) is 11.5 Å². The number of anilines is 1. The van der Waals surface area contributed by atoms with Crippen molar-refractivity contribution in [2.45, 2.75) is 45.1 Å². The van der Waals surface area contributed by atoms with Crippen LogP contribution < -0.4 is 15.7 Å². The molecule has 2 aromatic rings. The van der Waals surface area contributed by atoms with Crippen LogP contribution in [0.3, 0.4) is 0 Å². The number of hydrogen-bond donors (Lipinski definition) is 1. The number of amides is 1. The molecule has 160 valence electrons. The van der Waals surface area contributed by atoms with E-state index in [4.69, 9.17) is 16.4 Å². The fraction of sp³-hybridized carbons (Fsp3) is 0.455. The highest BCUT2D eigenvalue weighted by molar-refractivity contribution is 6.30. The molecule has 1 amide bonds. The predicted octanol–water partition coefficient (Wildman–Crippen LogP) is 3.31. The fourth-order valence-corrected chi connectivity index (χ4v) is 4.29. The molecule has 8 heteroatoms. The number of nitrogens with one attached hydrogen (secondary N) is 1. The number of carbonyl (C=O) groups excluding carboxylic acids is 1. The van der Waals surface area contributed by atoms with Gasteiger partial charge < -0.3 is 15.1 Å². The number of aromatic nitrogens is 2. The van der Waals surface area contributed by atoms with E-state index in [-0.39, 0.29) is 18.0 Å². The Balaban J connectivity index is 1.53. The molecule has 1 aliphatic carbocycles. The molecule has 0 unspecified atom stereocenters. The Morgan fingerprint density at radius 2 is 1.97 bits per heavy atom. The maximum Gasteiger partial charge on any atom is 0.293 e. The van der Waals surface area contributed by atoms with Crippen LogP contribution in [0, 0.1) is 12.5 Å². The zero-order valence-corrected chi connectivity index (χ0v) is 17.8. The SMILES string of the molecule is COn1c(N[CH-]C2CCCCC2)nc2c(c1=O)CN(C(=O)c1ccc(Cl)cc1)CC2. The van der Waals surface area contributed by atoms with Gasteiger partial charge in [0.25, 0.3) is 11.5 Å². The zero-order valence-electron chi connectivity index (χ0n) is 17.1. The van der Waals surface area contributed by atoms with Crippen LogP contribution in [0.2, 0.25) is 5.02 Å². The molecule has 0 saturated heterocycles. The second kappa shape index (κ2) is 9.08. The van der Waals surface area contributed by atoms with Crippen LogP contribution in [0.1, 0.15) is 53.7 Å². The summed E-state index contributed by atoms with van der Waals surface area (Å²) in [4.78, 5) is 37.5. The Labute approximate surface area is 181 Å². The Morgan fingerprint density at radius 3 is 2.67 bits per heavy atom. The van der Waals surface area contributed by atoms with E-state index in [0.29, 0.717) is 46.7 Å². The lowest BCUT2D eigenvalue weighted by Gasteiger charge is -2.32. The molecule has 7 nitrogen and oxygen atoms in total. The van der Waals surface area contributed by atoms with Gasteiger partial charge in [-0.05, 0) is 24.3 Å². The Bertz CT molecular complexity index is 968. The van der Waals surface area contributed by atoms with Crippen LogP contribution in [-0.2, 0) is 13.0 Å². The number of rotatable bonds is 5. The van der Waals surface area contributed by atoms with Crippen molar-refractivity contribution in [3.8, 4) is 0 Å².